The molecular weight excluding hydrogens is 470 g/mol. The Balaban J connectivity index is 1.22. The Kier molecular flexibility index (Phi) is 6.10. The third-order valence-corrected chi connectivity index (χ3v) is 8.29. The maximum absolute atomic E-state index is 4.74. The molecule has 5 heterocycles. The number of rotatable bonds is 5. The molecule has 0 aliphatic carbocycles. The van der Waals surface area contributed by atoms with Gasteiger partial charge in [-0.15, -0.1) is 0 Å². The second-order valence-corrected chi connectivity index (χ2v) is 11.0. The van der Waals surface area contributed by atoms with Gasteiger partial charge in [-0.3, -0.25) is 15.0 Å². The number of piperazine rings is 1. The molecule has 0 spiro atoms. The second kappa shape index (κ2) is 9.89. The van der Waals surface area contributed by atoms with E-state index in [4.69, 9.17) is 5.10 Å². The van der Waals surface area contributed by atoms with Gasteiger partial charge in [0.2, 0.25) is 0 Å². The first-order chi connectivity index (χ1) is 18.7. The summed E-state index contributed by atoms with van der Waals surface area (Å²) in [5.41, 5.74) is 9.10. The number of aromatic nitrogens is 4. The SMILES string of the molecule is CN1CCN(c2cccc3[nH]c(-c4n[nH]c5ccc(-c6cncc(CN7CCCCC7)c6)cc45)cc23)CC1. The summed E-state index contributed by atoms with van der Waals surface area (Å²) in [5, 5.41) is 10.4. The number of anilines is 1. The van der Waals surface area contributed by atoms with Crippen LogP contribution in [0.1, 0.15) is 24.8 Å². The zero-order chi connectivity index (χ0) is 25.5. The van der Waals surface area contributed by atoms with Gasteiger partial charge in [0.1, 0.15) is 5.69 Å². The number of benzene rings is 2. The van der Waals surface area contributed by atoms with E-state index in [1.165, 1.54) is 54.6 Å². The molecule has 2 N–H and O–H groups in total. The highest BCUT2D eigenvalue weighted by molar-refractivity contribution is 6.01. The summed E-state index contributed by atoms with van der Waals surface area (Å²) in [5.74, 6) is 0. The van der Waals surface area contributed by atoms with Gasteiger partial charge in [-0.05, 0) is 80.5 Å². The number of hydrogen-bond donors (Lipinski definition) is 2. The number of fused-ring (bicyclic) bond motifs is 2. The molecule has 3 aromatic heterocycles. The molecule has 2 aromatic carbocycles. The van der Waals surface area contributed by atoms with E-state index >= 15 is 0 Å². The fraction of sp³-hybridized carbons (Fsp3) is 0.355. The van der Waals surface area contributed by atoms with E-state index in [-0.39, 0.29) is 0 Å². The molecule has 38 heavy (non-hydrogen) atoms. The molecule has 7 rings (SSSR count). The standard InChI is InChI=1S/C31H35N7/c1-36-12-14-38(15-13-36)30-7-5-6-27-25(30)18-29(33-27)31-26-17-23(8-9-28(26)34-35-31)24-16-22(19-32-20-24)21-37-10-3-2-4-11-37/h5-9,16-20,33H,2-4,10-15,21H2,1H3,(H,34,35). The molecule has 0 saturated carbocycles. The van der Waals surface area contributed by atoms with Crippen molar-refractivity contribution in [1.29, 1.82) is 0 Å². The van der Waals surface area contributed by atoms with Crippen molar-refractivity contribution in [3.05, 3.63) is 66.5 Å². The Hall–Kier alpha value is -3.68. The zero-order valence-electron chi connectivity index (χ0n) is 22.1. The predicted molar refractivity (Wildman–Crippen MR) is 155 cm³/mol. The molecule has 194 valence electrons. The van der Waals surface area contributed by atoms with E-state index in [0.717, 1.165) is 66.1 Å². The number of aromatic amines is 2. The highest BCUT2D eigenvalue weighted by atomic mass is 15.2. The van der Waals surface area contributed by atoms with Crippen LogP contribution < -0.4 is 4.90 Å². The van der Waals surface area contributed by atoms with Crippen molar-refractivity contribution in [3.63, 3.8) is 0 Å². The quantitative estimate of drug-likeness (QED) is 0.330. The smallest absolute Gasteiger partial charge is 0.116 e. The number of likely N-dealkylation sites (N-methyl/N-ethyl adjacent to an activating group) is 1. The molecule has 2 fully saturated rings. The van der Waals surface area contributed by atoms with E-state index in [2.05, 4.69) is 85.3 Å². The topological polar surface area (TPSA) is 67.1 Å². The number of H-pyrrole nitrogens is 2. The molecule has 0 bridgehead atoms. The minimum Gasteiger partial charge on any atom is -0.368 e. The average Bonchev–Trinajstić information content (AvgIpc) is 3.58. The molecule has 5 aromatic rings. The number of hydrogen-bond acceptors (Lipinski definition) is 5. The van der Waals surface area contributed by atoms with Gasteiger partial charge in [-0.25, -0.2) is 0 Å². The van der Waals surface area contributed by atoms with Crippen LogP contribution in [-0.4, -0.2) is 76.3 Å². The van der Waals surface area contributed by atoms with E-state index in [0.29, 0.717) is 0 Å². The van der Waals surface area contributed by atoms with Gasteiger partial charge >= 0.3 is 0 Å². The number of nitrogens with one attached hydrogen (secondary N) is 2. The van der Waals surface area contributed by atoms with Gasteiger partial charge in [0.15, 0.2) is 0 Å². The van der Waals surface area contributed by atoms with Crippen LogP contribution in [-0.2, 0) is 6.54 Å². The molecule has 0 radical (unpaired) electrons. The van der Waals surface area contributed by atoms with E-state index in [1.807, 2.05) is 12.4 Å². The predicted octanol–water partition coefficient (Wildman–Crippen LogP) is 5.51. The van der Waals surface area contributed by atoms with Crippen LogP contribution >= 0.6 is 0 Å². The monoisotopic (exact) mass is 505 g/mol. The minimum absolute atomic E-state index is 0.958. The Morgan fingerprint density at radius 1 is 0.789 bits per heavy atom. The van der Waals surface area contributed by atoms with Crippen molar-refractivity contribution in [2.75, 3.05) is 51.2 Å². The summed E-state index contributed by atoms with van der Waals surface area (Å²) >= 11 is 0. The Labute approximate surface area is 223 Å². The van der Waals surface area contributed by atoms with Crippen LogP contribution in [0.15, 0.2) is 60.9 Å². The number of pyridine rings is 1. The van der Waals surface area contributed by atoms with Gasteiger partial charge in [0.05, 0.1) is 11.2 Å². The first kappa shape index (κ1) is 23.4. The molecule has 0 unspecified atom stereocenters. The summed E-state index contributed by atoms with van der Waals surface area (Å²) in [6, 6.07) is 17.7. The van der Waals surface area contributed by atoms with Gasteiger partial charge in [-0.2, -0.15) is 5.10 Å². The van der Waals surface area contributed by atoms with Crippen LogP contribution in [0.3, 0.4) is 0 Å². The van der Waals surface area contributed by atoms with Gasteiger partial charge in [0.25, 0.3) is 0 Å². The Morgan fingerprint density at radius 2 is 1.66 bits per heavy atom. The first-order valence-electron chi connectivity index (χ1n) is 13.9. The minimum atomic E-state index is 0.958. The molecule has 7 nitrogen and oxygen atoms in total. The highest BCUT2D eigenvalue weighted by Crippen LogP contribution is 2.35. The Bertz CT molecular complexity index is 1570. The summed E-state index contributed by atoms with van der Waals surface area (Å²) in [6.45, 7) is 7.64. The number of piperidine rings is 1. The van der Waals surface area contributed by atoms with Crippen molar-refractivity contribution < 1.29 is 0 Å². The first-order valence-corrected chi connectivity index (χ1v) is 13.9. The molecule has 2 saturated heterocycles. The van der Waals surface area contributed by atoms with E-state index in [9.17, 15) is 0 Å². The molecule has 2 aliphatic rings. The summed E-state index contributed by atoms with van der Waals surface area (Å²) in [6.07, 6.45) is 7.96. The van der Waals surface area contributed by atoms with Crippen molar-refractivity contribution in [2.24, 2.45) is 0 Å². The van der Waals surface area contributed by atoms with Crippen molar-refractivity contribution >= 4 is 27.5 Å². The summed E-state index contributed by atoms with van der Waals surface area (Å²) < 4.78 is 0. The van der Waals surface area contributed by atoms with E-state index < -0.39 is 0 Å². The molecular formula is C31H35N7. The molecule has 2 aliphatic heterocycles. The second-order valence-electron chi connectivity index (χ2n) is 11.0. The maximum Gasteiger partial charge on any atom is 0.116 e. The lowest BCUT2D eigenvalue weighted by Crippen LogP contribution is -2.44. The van der Waals surface area contributed by atoms with Crippen molar-refractivity contribution in [3.8, 4) is 22.5 Å². The van der Waals surface area contributed by atoms with Gasteiger partial charge < -0.3 is 14.8 Å². The van der Waals surface area contributed by atoms with Crippen LogP contribution in [0.2, 0.25) is 0 Å². The lowest BCUT2D eigenvalue weighted by atomic mass is 10.0. The summed E-state index contributed by atoms with van der Waals surface area (Å²) in [4.78, 5) is 15.7. The third kappa shape index (κ3) is 4.46. The highest BCUT2D eigenvalue weighted by Gasteiger charge is 2.19. The Morgan fingerprint density at radius 3 is 2.53 bits per heavy atom. The van der Waals surface area contributed by atoms with E-state index in [1.54, 1.807) is 0 Å². The van der Waals surface area contributed by atoms with Crippen molar-refractivity contribution in [1.82, 2.24) is 30.0 Å². The van der Waals surface area contributed by atoms with Crippen LogP contribution in [0, 0.1) is 0 Å². The van der Waals surface area contributed by atoms with Crippen LogP contribution in [0.5, 0.6) is 0 Å². The normalized spacial score (nSPS) is 17.6. The molecule has 0 amide bonds. The molecule has 0 atom stereocenters. The maximum atomic E-state index is 4.74. The lowest BCUT2D eigenvalue weighted by Gasteiger charge is -2.34. The van der Waals surface area contributed by atoms with Gasteiger partial charge in [0, 0.05) is 72.7 Å². The van der Waals surface area contributed by atoms with Crippen LogP contribution in [0.25, 0.3) is 44.3 Å². The number of likely N-dealkylation sites (tertiary alicyclic amines) is 1. The van der Waals surface area contributed by atoms with Crippen molar-refractivity contribution in [2.45, 2.75) is 25.8 Å². The fourth-order valence-corrected chi connectivity index (χ4v) is 6.10. The zero-order valence-corrected chi connectivity index (χ0v) is 22.1. The third-order valence-electron chi connectivity index (χ3n) is 8.29. The fourth-order valence-electron chi connectivity index (χ4n) is 6.10. The molecule has 7 heteroatoms. The average molecular weight is 506 g/mol. The summed E-state index contributed by atoms with van der Waals surface area (Å²) in [7, 11) is 2.20. The van der Waals surface area contributed by atoms with Gasteiger partial charge in [-0.1, -0.05) is 18.6 Å². The number of nitrogens with zero attached hydrogens (tertiary/aromatic N) is 5. The van der Waals surface area contributed by atoms with Crippen LogP contribution in [0.4, 0.5) is 5.69 Å². The largest absolute Gasteiger partial charge is 0.368 e. The lowest BCUT2D eigenvalue weighted by molar-refractivity contribution is 0.220.